The quantitative estimate of drug-likeness (QED) is 0.767. The van der Waals surface area contributed by atoms with Crippen LogP contribution in [0.5, 0.6) is 0 Å². The molecule has 0 saturated carbocycles. The van der Waals surface area contributed by atoms with Crippen LogP contribution >= 0.6 is 11.8 Å². The molecule has 0 spiro atoms. The molecule has 3 atom stereocenters. The maximum atomic E-state index is 12.4. The molecule has 4 nitrogen and oxygen atoms in total. The third-order valence-corrected chi connectivity index (χ3v) is 5.58. The minimum atomic E-state index is 0.184. The van der Waals surface area contributed by atoms with Crippen LogP contribution < -0.4 is 5.32 Å². The zero-order valence-corrected chi connectivity index (χ0v) is 11.4. The number of amides is 2. The monoisotopic (exact) mass is 268 g/mol. The highest BCUT2D eigenvalue weighted by molar-refractivity contribution is 7.99. The molecule has 3 unspecified atom stereocenters. The van der Waals surface area contributed by atoms with E-state index in [1.165, 1.54) is 0 Å². The van der Waals surface area contributed by atoms with E-state index in [4.69, 9.17) is 0 Å². The fraction of sp³-hybridized carbons (Fsp3) is 0.846. The first-order chi connectivity index (χ1) is 8.74. The Kier molecular flexibility index (Phi) is 3.50. The number of piperidine rings is 2. The van der Waals surface area contributed by atoms with E-state index in [1.807, 2.05) is 11.8 Å². The predicted molar refractivity (Wildman–Crippen MR) is 71.3 cm³/mol. The average Bonchev–Trinajstić information content (AvgIpc) is 2.91. The molecule has 3 heterocycles. The van der Waals surface area contributed by atoms with Crippen LogP contribution in [0.4, 0.5) is 0 Å². The molecule has 18 heavy (non-hydrogen) atoms. The van der Waals surface area contributed by atoms with Gasteiger partial charge < -0.3 is 10.2 Å². The SMILES string of the molecule is O=C1CCC2CN(C(=O)C3CCSC3)CCC2N1. The van der Waals surface area contributed by atoms with E-state index in [9.17, 15) is 9.59 Å². The Morgan fingerprint density at radius 3 is 3.00 bits per heavy atom. The summed E-state index contributed by atoms with van der Waals surface area (Å²) in [4.78, 5) is 25.8. The lowest BCUT2D eigenvalue weighted by Gasteiger charge is -2.42. The van der Waals surface area contributed by atoms with Gasteiger partial charge in [0.05, 0.1) is 0 Å². The summed E-state index contributed by atoms with van der Waals surface area (Å²) >= 11 is 1.89. The third kappa shape index (κ3) is 2.37. The van der Waals surface area contributed by atoms with Crippen molar-refractivity contribution in [1.82, 2.24) is 10.2 Å². The molecule has 3 fully saturated rings. The number of carbonyl (C=O) groups excluding carboxylic acids is 2. The fourth-order valence-corrected chi connectivity index (χ4v) is 4.51. The summed E-state index contributed by atoms with van der Waals surface area (Å²) in [7, 11) is 0. The predicted octanol–water partition coefficient (Wildman–Crippen LogP) is 0.867. The largest absolute Gasteiger partial charge is 0.353 e. The average molecular weight is 268 g/mol. The Morgan fingerprint density at radius 1 is 1.33 bits per heavy atom. The molecule has 3 aliphatic rings. The smallest absolute Gasteiger partial charge is 0.226 e. The summed E-state index contributed by atoms with van der Waals surface area (Å²) in [6.07, 6.45) is 3.55. The number of rotatable bonds is 1. The Balaban J connectivity index is 1.59. The van der Waals surface area contributed by atoms with E-state index in [-0.39, 0.29) is 11.8 Å². The minimum absolute atomic E-state index is 0.184. The van der Waals surface area contributed by atoms with Gasteiger partial charge in [-0.25, -0.2) is 0 Å². The van der Waals surface area contributed by atoms with Crippen LogP contribution in [0.3, 0.4) is 0 Å². The lowest BCUT2D eigenvalue weighted by Crippen LogP contribution is -2.55. The van der Waals surface area contributed by atoms with Gasteiger partial charge in [-0.2, -0.15) is 11.8 Å². The van der Waals surface area contributed by atoms with Gasteiger partial charge in [-0.3, -0.25) is 9.59 Å². The molecule has 0 aromatic rings. The van der Waals surface area contributed by atoms with Crippen molar-refractivity contribution in [1.29, 1.82) is 0 Å². The van der Waals surface area contributed by atoms with Gasteiger partial charge in [-0.15, -0.1) is 0 Å². The molecule has 0 aromatic heterocycles. The van der Waals surface area contributed by atoms with Crippen molar-refractivity contribution < 1.29 is 9.59 Å². The molecule has 0 aromatic carbocycles. The highest BCUT2D eigenvalue weighted by Gasteiger charge is 2.37. The van der Waals surface area contributed by atoms with Crippen molar-refractivity contribution in [2.45, 2.75) is 31.7 Å². The second-order valence-electron chi connectivity index (χ2n) is 5.61. The molecule has 1 N–H and O–H groups in total. The van der Waals surface area contributed by atoms with E-state index >= 15 is 0 Å². The molecule has 0 bridgehead atoms. The first-order valence-electron chi connectivity index (χ1n) is 6.90. The highest BCUT2D eigenvalue weighted by Crippen LogP contribution is 2.29. The number of carbonyl (C=O) groups is 2. The Hall–Kier alpha value is -0.710. The lowest BCUT2D eigenvalue weighted by molar-refractivity contribution is -0.138. The van der Waals surface area contributed by atoms with Gasteiger partial charge in [0.15, 0.2) is 0 Å². The second kappa shape index (κ2) is 5.11. The van der Waals surface area contributed by atoms with Gasteiger partial charge in [0.2, 0.25) is 11.8 Å². The summed E-state index contributed by atoms with van der Waals surface area (Å²) in [5, 5.41) is 3.07. The molecular weight excluding hydrogens is 248 g/mol. The van der Waals surface area contributed by atoms with Crippen molar-refractivity contribution in [3.05, 3.63) is 0 Å². The van der Waals surface area contributed by atoms with Gasteiger partial charge in [0.1, 0.15) is 0 Å². The summed E-state index contributed by atoms with van der Waals surface area (Å²) in [6, 6.07) is 0.313. The number of hydrogen-bond acceptors (Lipinski definition) is 3. The molecule has 3 aliphatic heterocycles. The maximum Gasteiger partial charge on any atom is 0.226 e. The van der Waals surface area contributed by atoms with E-state index in [1.54, 1.807) is 0 Å². The molecule has 2 amide bonds. The number of hydrogen-bond donors (Lipinski definition) is 1. The van der Waals surface area contributed by atoms with Gasteiger partial charge in [0.25, 0.3) is 0 Å². The van der Waals surface area contributed by atoms with E-state index < -0.39 is 0 Å². The molecule has 3 rings (SSSR count). The summed E-state index contributed by atoms with van der Waals surface area (Å²) < 4.78 is 0. The van der Waals surface area contributed by atoms with Crippen LogP contribution in [0.25, 0.3) is 0 Å². The molecular formula is C13H20N2O2S. The van der Waals surface area contributed by atoms with Gasteiger partial charge in [-0.05, 0) is 30.9 Å². The molecule has 3 saturated heterocycles. The lowest BCUT2D eigenvalue weighted by atomic mass is 9.84. The van der Waals surface area contributed by atoms with Crippen molar-refractivity contribution in [2.24, 2.45) is 11.8 Å². The van der Waals surface area contributed by atoms with Crippen LogP contribution in [0.2, 0.25) is 0 Å². The van der Waals surface area contributed by atoms with Crippen molar-refractivity contribution in [3.63, 3.8) is 0 Å². The first-order valence-corrected chi connectivity index (χ1v) is 8.05. The normalized spacial score (nSPS) is 36.1. The van der Waals surface area contributed by atoms with Crippen molar-refractivity contribution in [3.8, 4) is 0 Å². The Morgan fingerprint density at radius 2 is 2.22 bits per heavy atom. The minimum Gasteiger partial charge on any atom is -0.353 e. The van der Waals surface area contributed by atoms with Crippen LogP contribution in [0.1, 0.15) is 25.7 Å². The van der Waals surface area contributed by atoms with Crippen LogP contribution in [-0.2, 0) is 9.59 Å². The number of likely N-dealkylation sites (tertiary alicyclic amines) is 1. The van der Waals surface area contributed by atoms with Gasteiger partial charge in [-0.1, -0.05) is 0 Å². The molecule has 0 aliphatic carbocycles. The standard InChI is InChI=1S/C13H20N2O2S/c16-12-2-1-9-7-15(5-3-11(9)14-12)13(17)10-4-6-18-8-10/h9-11H,1-8H2,(H,14,16). The summed E-state index contributed by atoms with van der Waals surface area (Å²) in [6.45, 7) is 1.67. The molecule has 100 valence electrons. The maximum absolute atomic E-state index is 12.4. The number of fused-ring (bicyclic) bond motifs is 1. The summed E-state index contributed by atoms with van der Waals surface area (Å²) in [5.41, 5.74) is 0. The second-order valence-corrected chi connectivity index (χ2v) is 6.76. The van der Waals surface area contributed by atoms with Crippen molar-refractivity contribution >= 4 is 23.6 Å². The molecule has 0 radical (unpaired) electrons. The van der Waals surface area contributed by atoms with Gasteiger partial charge in [0, 0.05) is 37.2 Å². The highest BCUT2D eigenvalue weighted by atomic mass is 32.2. The first kappa shape index (κ1) is 12.3. The van der Waals surface area contributed by atoms with E-state index in [0.717, 1.165) is 43.9 Å². The summed E-state index contributed by atoms with van der Waals surface area (Å²) in [5.74, 6) is 3.41. The van der Waals surface area contributed by atoms with E-state index in [2.05, 4.69) is 10.2 Å². The molecule has 5 heteroatoms. The van der Waals surface area contributed by atoms with Crippen LogP contribution in [-0.4, -0.2) is 47.4 Å². The Labute approximate surface area is 112 Å². The van der Waals surface area contributed by atoms with Gasteiger partial charge >= 0.3 is 0 Å². The van der Waals surface area contributed by atoms with Crippen LogP contribution in [0, 0.1) is 11.8 Å². The Bertz CT molecular complexity index is 355. The zero-order valence-electron chi connectivity index (χ0n) is 10.6. The van der Waals surface area contributed by atoms with Crippen LogP contribution in [0.15, 0.2) is 0 Å². The third-order valence-electron chi connectivity index (χ3n) is 4.41. The van der Waals surface area contributed by atoms with Crippen molar-refractivity contribution in [2.75, 3.05) is 24.6 Å². The number of nitrogens with one attached hydrogen (secondary N) is 1. The zero-order chi connectivity index (χ0) is 12.5. The fourth-order valence-electron chi connectivity index (χ4n) is 3.30. The topological polar surface area (TPSA) is 49.4 Å². The number of thioether (sulfide) groups is 1. The van der Waals surface area contributed by atoms with E-state index in [0.29, 0.717) is 24.3 Å². The number of nitrogens with zero attached hydrogens (tertiary/aromatic N) is 1.